The number of hydrogen-bond donors (Lipinski definition) is 0. The summed E-state index contributed by atoms with van der Waals surface area (Å²) >= 11 is 0. The molecule has 0 saturated carbocycles. The Morgan fingerprint density at radius 1 is 1.00 bits per heavy atom. The first kappa shape index (κ1) is 10.6. The third-order valence-electron chi connectivity index (χ3n) is 3.82. The fourth-order valence-electron chi connectivity index (χ4n) is 2.75. The average Bonchev–Trinajstić information content (AvgIpc) is 2.26. The third-order valence-corrected chi connectivity index (χ3v) is 3.82. The zero-order valence-corrected chi connectivity index (χ0v) is 10.7. The van der Waals surface area contributed by atoms with Crippen LogP contribution in [0.5, 0.6) is 0 Å². The molecule has 0 heterocycles. The van der Waals surface area contributed by atoms with E-state index in [1.54, 1.807) is 0 Å². The lowest BCUT2D eigenvalue weighted by molar-refractivity contribution is 0.529. The van der Waals surface area contributed by atoms with Crippen molar-refractivity contribution in [3.63, 3.8) is 0 Å². The normalized spacial score (nSPS) is 17.1. The summed E-state index contributed by atoms with van der Waals surface area (Å²) in [6, 6.07) is 11.4. The molecule has 0 nitrogen and oxygen atoms in total. The molecule has 0 radical (unpaired) electrons. The van der Waals surface area contributed by atoms with Crippen molar-refractivity contribution in [2.24, 2.45) is 0 Å². The van der Waals surface area contributed by atoms with E-state index in [1.807, 2.05) is 0 Å². The van der Waals surface area contributed by atoms with Crippen molar-refractivity contribution in [2.45, 2.75) is 32.6 Å². The number of rotatable bonds is 0. The lowest BCUT2D eigenvalue weighted by Gasteiger charge is -2.29. The first-order valence-corrected chi connectivity index (χ1v) is 6.28. The summed E-state index contributed by atoms with van der Waals surface area (Å²) in [4.78, 5) is 0. The number of allylic oxidation sites excluding steroid dienone is 1. The fourth-order valence-corrected chi connectivity index (χ4v) is 2.75. The van der Waals surface area contributed by atoms with E-state index in [9.17, 15) is 0 Å². The minimum Gasteiger partial charge on any atom is -0.0831 e. The van der Waals surface area contributed by atoms with E-state index in [1.165, 1.54) is 27.5 Å². The quantitative estimate of drug-likeness (QED) is 0.598. The predicted molar refractivity (Wildman–Crippen MR) is 75.4 cm³/mol. The van der Waals surface area contributed by atoms with Crippen LogP contribution in [-0.4, -0.2) is 0 Å². The molecular weight excluding hydrogens is 204 g/mol. The molecular formula is C17H18. The lowest BCUT2D eigenvalue weighted by Crippen LogP contribution is -2.19. The average molecular weight is 222 g/mol. The molecule has 0 amide bonds. The van der Waals surface area contributed by atoms with Gasteiger partial charge in [-0.2, -0.15) is 0 Å². The van der Waals surface area contributed by atoms with Crippen LogP contribution in [0.3, 0.4) is 0 Å². The topological polar surface area (TPSA) is 0 Å². The summed E-state index contributed by atoms with van der Waals surface area (Å²) in [6.45, 7) is 6.81. The zero-order valence-electron chi connectivity index (χ0n) is 10.7. The minimum absolute atomic E-state index is 0.267. The van der Waals surface area contributed by atoms with Crippen LogP contribution in [0.1, 0.15) is 37.0 Å². The molecule has 2 aromatic rings. The van der Waals surface area contributed by atoms with Crippen molar-refractivity contribution in [3.05, 3.63) is 53.1 Å². The Morgan fingerprint density at radius 3 is 2.65 bits per heavy atom. The number of aryl methyl sites for hydroxylation is 1. The Balaban J connectivity index is 2.33. The van der Waals surface area contributed by atoms with E-state index in [-0.39, 0.29) is 5.41 Å². The number of fused-ring (bicyclic) bond motifs is 2. The highest BCUT2D eigenvalue weighted by Gasteiger charge is 2.24. The summed E-state index contributed by atoms with van der Waals surface area (Å²) in [5.74, 6) is 0. The van der Waals surface area contributed by atoms with Gasteiger partial charge in [-0.3, -0.25) is 0 Å². The van der Waals surface area contributed by atoms with E-state index in [0.717, 1.165) is 6.42 Å². The molecule has 2 aromatic carbocycles. The number of benzene rings is 2. The molecule has 0 spiro atoms. The second-order valence-corrected chi connectivity index (χ2v) is 5.78. The zero-order chi connectivity index (χ0) is 12.0. The van der Waals surface area contributed by atoms with Crippen LogP contribution in [-0.2, 0) is 5.41 Å². The summed E-state index contributed by atoms with van der Waals surface area (Å²) in [5.41, 5.74) is 4.47. The summed E-state index contributed by atoms with van der Waals surface area (Å²) in [6.07, 6.45) is 5.70. The Morgan fingerprint density at radius 2 is 1.82 bits per heavy atom. The van der Waals surface area contributed by atoms with Gasteiger partial charge in [0.25, 0.3) is 0 Å². The summed E-state index contributed by atoms with van der Waals surface area (Å²) in [7, 11) is 0. The molecule has 0 saturated heterocycles. The van der Waals surface area contributed by atoms with Gasteiger partial charge < -0.3 is 0 Å². The SMILES string of the molecule is Cc1ccc2cc3c(cc2c1)C=CCC3(C)C. The Labute approximate surface area is 103 Å². The summed E-state index contributed by atoms with van der Waals surface area (Å²) in [5, 5.41) is 2.71. The number of hydrogen-bond acceptors (Lipinski definition) is 0. The molecule has 0 aromatic heterocycles. The van der Waals surface area contributed by atoms with E-state index < -0.39 is 0 Å². The second kappa shape index (κ2) is 3.46. The van der Waals surface area contributed by atoms with E-state index in [2.05, 4.69) is 63.3 Å². The van der Waals surface area contributed by atoms with Gasteiger partial charge in [0.05, 0.1) is 0 Å². The molecule has 1 aliphatic carbocycles. The molecule has 0 bridgehead atoms. The molecule has 0 unspecified atom stereocenters. The van der Waals surface area contributed by atoms with Crippen molar-refractivity contribution in [1.29, 1.82) is 0 Å². The van der Waals surface area contributed by atoms with Gasteiger partial charge in [-0.1, -0.05) is 55.8 Å². The van der Waals surface area contributed by atoms with Gasteiger partial charge in [0.1, 0.15) is 0 Å². The van der Waals surface area contributed by atoms with Crippen molar-refractivity contribution in [1.82, 2.24) is 0 Å². The van der Waals surface area contributed by atoms with Crippen LogP contribution in [0.25, 0.3) is 16.8 Å². The first-order valence-electron chi connectivity index (χ1n) is 6.28. The largest absolute Gasteiger partial charge is 0.0831 e. The first-order chi connectivity index (χ1) is 8.06. The van der Waals surface area contributed by atoms with E-state index >= 15 is 0 Å². The van der Waals surface area contributed by atoms with Crippen molar-refractivity contribution in [2.75, 3.05) is 0 Å². The van der Waals surface area contributed by atoms with Crippen LogP contribution >= 0.6 is 0 Å². The molecule has 0 heteroatoms. The van der Waals surface area contributed by atoms with E-state index in [4.69, 9.17) is 0 Å². The molecule has 0 atom stereocenters. The molecule has 0 N–H and O–H groups in total. The standard InChI is InChI=1S/C17H18/c1-12-6-7-13-11-16-14(10-15(13)9-12)5-4-8-17(16,2)3/h4-7,9-11H,8H2,1-3H3. The van der Waals surface area contributed by atoms with Crippen molar-refractivity contribution < 1.29 is 0 Å². The van der Waals surface area contributed by atoms with Gasteiger partial charge in [-0.05, 0) is 46.7 Å². The highest BCUT2D eigenvalue weighted by molar-refractivity contribution is 5.87. The van der Waals surface area contributed by atoms with Gasteiger partial charge >= 0.3 is 0 Å². The van der Waals surface area contributed by atoms with Crippen LogP contribution in [0.15, 0.2) is 36.4 Å². The Bertz CT molecular complexity index is 615. The monoisotopic (exact) mass is 222 g/mol. The van der Waals surface area contributed by atoms with E-state index in [0.29, 0.717) is 0 Å². The minimum atomic E-state index is 0.267. The maximum Gasteiger partial charge on any atom is -0.00628 e. The molecule has 1 aliphatic rings. The van der Waals surface area contributed by atoms with Gasteiger partial charge in [0, 0.05) is 0 Å². The van der Waals surface area contributed by atoms with Crippen LogP contribution in [0.4, 0.5) is 0 Å². The third kappa shape index (κ3) is 1.68. The van der Waals surface area contributed by atoms with Gasteiger partial charge in [-0.25, -0.2) is 0 Å². The Kier molecular flexibility index (Phi) is 2.16. The lowest BCUT2D eigenvalue weighted by atomic mass is 9.75. The highest BCUT2D eigenvalue weighted by atomic mass is 14.3. The molecule has 3 rings (SSSR count). The molecule has 0 fully saturated rings. The van der Waals surface area contributed by atoms with Crippen molar-refractivity contribution in [3.8, 4) is 0 Å². The highest BCUT2D eigenvalue weighted by Crippen LogP contribution is 2.37. The van der Waals surface area contributed by atoms with Gasteiger partial charge in [0.2, 0.25) is 0 Å². The molecule has 86 valence electrons. The fraction of sp³-hybridized carbons (Fsp3) is 0.294. The summed E-state index contributed by atoms with van der Waals surface area (Å²) < 4.78 is 0. The maximum absolute atomic E-state index is 2.37. The molecule has 0 aliphatic heterocycles. The van der Waals surface area contributed by atoms with Gasteiger partial charge in [0.15, 0.2) is 0 Å². The second-order valence-electron chi connectivity index (χ2n) is 5.78. The maximum atomic E-state index is 2.37. The smallest absolute Gasteiger partial charge is 0.00628 e. The Hall–Kier alpha value is -1.56. The van der Waals surface area contributed by atoms with Crippen molar-refractivity contribution >= 4 is 16.8 Å². The van der Waals surface area contributed by atoms with Crippen LogP contribution < -0.4 is 0 Å². The van der Waals surface area contributed by atoms with Crippen LogP contribution in [0.2, 0.25) is 0 Å². The van der Waals surface area contributed by atoms with Crippen LogP contribution in [0, 0.1) is 6.92 Å². The predicted octanol–water partition coefficient (Wildman–Crippen LogP) is 4.84. The molecule has 17 heavy (non-hydrogen) atoms. The van der Waals surface area contributed by atoms with Gasteiger partial charge in [-0.15, -0.1) is 0 Å².